The molecule has 3 fully saturated rings. The topological polar surface area (TPSA) is 175 Å². The van der Waals surface area contributed by atoms with Gasteiger partial charge in [-0.25, -0.2) is 14.8 Å². The minimum absolute atomic E-state index is 0.0218. The summed E-state index contributed by atoms with van der Waals surface area (Å²) in [5.74, 6) is -0.263. The van der Waals surface area contributed by atoms with Crippen LogP contribution in [0.3, 0.4) is 0 Å². The Kier molecular flexibility index (Phi) is 13.4. The Balaban J connectivity index is 0.680. The number of carboxylic acids is 1. The lowest BCUT2D eigenvalue weighted by Gasteiger charge is -2.40. The number of amides is 3. The molecule has 1 aliphatic carbocycles. The Hall–Kier alpha value is -7.17. The van der Waals surface area contributed by atoms with E-state index in [1.807, 2.05) is 102 Å². The number of fused-ring (bicyclic) bond motifs is 3. The second-order valence-electron chi connectivity index (χ2n) is 20.3. The zero-order valence-electron chi connectivity index (χ0n) is 41.6. The number of aromatic nitrogens is 4. The van der Waals surface area contributed by atoms with Crippen LogP contribution in [0.1, 0.15) is 107 Å². The van der Waals surface area contributed by atoms with Gasteiger partial charge in [-0.1, -0.05) is 59.9 Å². The molecule has 2 atom stereocenters. The van der Waals surface area contributed by atoms with E-state index in [0.717, 1.165) is 119 Å². The lowest BCUT2D eigenvalue weighted by molar-refractivity contribution is -0.134. The van der Waals surface area contributed by atoms with Crippen LogP contribution < -0.4 is 25.2 Å². The molecular weight excluding hydrogens is 939 g/mol. The highest BCUT2D eigenvalue weighted by Gasteiger charge is 2.34. The minimum atomic E-state index is -1.10. The Bertz CT molecular complexity index is 3230. The highest BCUT2D eigenvalue weighted by Crippen LogP contribution is 2.39. The van der Waals surface area contributed by atoms with Crippen LogP contribution in [0.25, 0.3) is 32.2 Å². The van der Waals surface area contributed by atoms with Crippen LogP contribution in [-0.2, 0) is 29.6 Å². The lowest BCUT2D eigenvalue weighted by Crippen LogP contribution is -2.49. The number of nitrogens with zero attached hydrogens (tertiary/aromatic N) is 7. The van der Waals surface area contributed by atoms with Crippen LogP contribution in [0.5, 0.6) is 5.75 Å². The standard InChI is InChI=1S/C57H61N9O6S/c1-34(64-29-31-65(32-30-64)46-14-7-12-42-51(62-63(3)53(42)46)43-24-26-50(67)60-55(43)69)17-18-36-19-21-38(22-20-36)72-47-15-8-10-39(35(47)2)40-23-25-49(59-52(40)56(70)71)66-28-27-37-9-6-11-41(44(37)33-66)54(68)61-57-58-45-13-4-5-16-48(45)73-57/h4-16,23,25,34,36,38,43H,17-22,24,26-33H2,1-3H3,(H,70,71)(H,58,61,68)(H,60,67,69)/t34-,36-,38-,43?/m0/s1. The number of piperazine rings is 1. The molecule has 0 spiro atoms. The zero-order chi connectivity index (χ0) is 50.3. The normalized spacial score (nSPS) is 20.0. The predicted molar refractivity (Wildman–Crippen MR) is 285 cm³/mol. The van der Waals surface area contributed by atoms with Crippen molar-refractivity contribution in [2.75, 3.05) is 47.8 Å². The van der Waals surface area contributed by atoms with Gasteiger partial charge in [0.15, 0.2) is 10.8 Å². The van der Waals surface area contributed by atoms with Crippen LogP contribution in [0.2, 0.25) is 0 Å². The maximum Gasteiger partial charge on any atom is 0.355 e. The number of benzene rings is 4. The number of carboxylic acid groups (broad SMARTS) is 1. The van der Waals surface area contributed by atoms with Gasteiger partial charge in [0.25, 0.3) is 5.91 Å². The Morgan fingerprint density at radius 3 is 2.44 bits per heavy atom. The zero-order valence-corrected chi connectivity index (χ0v) is 42.4. The number of carbonyl (C=O) groups is 4. The third kappa shape index (κ3) is 9.77. The first-order chi connectivity index (χ1) is 35.4. The molecule has 16 heteroatoms. The number of ether oxygens (including phenoxy) is 1. The van der Waals surface area contributed by atoms with E-state index in [0.29, 0.717) is 66.4 Å². The molecule has 73 heavy (non-hydrogen) atoms. The number of imide groups is 1. The third-order valence-corrected chi connectivity index (χ3v) is 16.8. The summed E-state index contributed by atoms with van der Waals surface area (Å²) >= 11 is 1.44. The number of thiazole rings is 1. The SMILES string of the molecule is Cc1c(O[C@H]2CC[C@H](CC[C@H](C)N3CCN(c4cccc5c(C6CCC(=O)NC6=O)nn(C)c45)CC3)CC2)cccc1-c1ccc(N2CCc3cccc(C(=O)Nc4nc5ccccc5s4)c3C2)nc1C(=O)O. The number of nitrogens with one attached hydrogen (secondary N) is 2. The molecule has 4 aliphatic rings. The number of piperidine rings is 1. The number of aromatic carboxylic acids is 1. The summed E-state index contributed by atoms with van der Waals surface area (Å²) < 4.78 is 9.61. The molecule has 0 radical (unpaired) electrons. The third-order valence-electron chi connectivity index (χ3n) is 15.8. The van der Waals surface area contributed by atoms with E-state index in [1.54, 1.807) is 0 Å². The van der Waals surface area contributed by atoms with Crippen molar-refractivity contribution >= 4 is 72.8 Å². The second kappa shape index (κ2) is 20.4. The Labute approximate surface area is 428 Å². The summed E-state index contributed by atoms with van der Waals surface area (Å²) in [7, 11) is 1.94. The minimum Gasteiger partial charge on any atom is -0.490 e. The summed E-state index contributed by atoms with van der Waals surface area (Å²) in [6, 6.07) is 29.9. The number of aryl methyl sites for hydroxylation is 1. The monoisotopic (exact) mass is 999 g/mol. The lowest BCUT2D eigenvalue weighted by atomic mass is 9.83. The van der Waals surface area contributed by atoms with E-state index in [9.17, 15) is 24.3 Å². The van der Waals surface area contributed by atoms with Gasteiger partial charge in [-0.15, -0.1) is 0 Å². The van der Waals surface area contributed by atoms with E-state index in [2.05, 4.69) is 44.5 Å². The van der Waals surface area contributed by atoms with Crippen LogP contribution in [-0.4, -0.2) is 98.3 Å². The van der Waals surface area contributed by atoms with E-state index >= 15 is 0 Å². The number of hydrogen-bond donors (Lipinski definition) is 3. The molecule has 11 rings (SSSR count). The largest absolute Gasteiger partial charge is 0.490 e. The maximum atomic E-state index is 13.7. The molecular formula is C57H61N9O6S. The summed E-state index contributed by atoms with van der Waals surface area (Å²) in [5.41, 5.74) is 8.49. The maximum absolute atomic E-state index is 13.7. The molecule has 3 aliphatic heterocycles. The molecule has 15 nitrogen and oxygen atoms in total. The fourth-order valence-electron chi connectivity index (χ4n) is 11.7. The van der Waals surface area contributed by atoms with E-state index < -0.39 is 11.9 Å². The van der Waals surface area contributed by atoms with Crippen molar-refractivity contribution in [2.45, 2.75) is 96.2 Å². The van der Waals surface area contributed by atoms with Gasteiger partial charge < -0.3 is 19.6 Å². The number of rotatable bonds is 13. The van der Waals surface area contributed by atoms with Gasteiger partial charge in [0, 0.05) is 75.3 Å². The highest BCUT2D eigenvalue weighted by molar-refractivity contribution is 7.22. The van der Waals surface area contributed by atoms with Crippen molar-refractivity contribution in [3.05, 3.63) is 125 Å². The van der Waals surface area contributed by atoms with E-state index in [-0.39, 0.29) is 29.5 Å². The first kappa shape index (κ1) is 48.1. The second-order valence-corrected chi connectivity index (χ2v) is 21.3. The van der Waals surface area contributed by atoms with Gasteiger partial charge in [-0.05, 0) is 136 Å². The smallest absolute Gasteiger partial charge is 0.355 e. The van der Waals surface area contributed by atoms with Crippen molar-refractivity contribution < 1.29 is 29.0 Å². The molecule has 6 heterocycles. The van der Waals surface area contributed by atoms with Gasteiger partial charge in [-0.3, -0.25) is 34.6 Å². The number of pyridine rings is 1. The number of hydrogen-bond acceptors (Lipinski definition) is 12. The Morgan fingerprint density at radius 2 is 1.64 bits per heavy atom. The summed E-state index contributed by atoms with van der Waals surface area (Å²) in [5, 5.41) is 22.4. The number of carbonyl (C=O) groups excluding carboxylic acids is 3. The highest BCUT2D eigenvalue weighted by atomic mass is 32.1. The van der Waals surface area contributed by atoms with Crippen molar-refractivity contribution in [3.63, 3.8) is 0 Å². The molecule has 3 amide bonds. The molecule has 3 aromatic heterocycles. The van der Waals surface area contributed by atoms with Crippen LogP contribution >= 0.6 is 11.3 Å². The fraction of sp³-hybridized carbons (Fsp3) is 0.386. The van der Waals surface area contributed by atoms with E-state index in [1.165, 1.54) is 17.8 Å². The summed E-state index contributed by atoms with van der Waals surface area (Å²) in [6.45, 7) is 9.19. The molecule has 7 aromatic rings. The average Bonchev–Trinajstić information content (AvgIpc) is 3.98. The molecule has 3 N–H and O–H groups in total. The first-order valence-electron chi connectivity index (χ1n) is 25.8. The Morgan fingerprint density at radius 1 is 0.849 bits per heavy atom. The van der Waals surface area contributed by atoms with Gasteiger partial charge in [-0.2, -0.15) is 5.10 Å². The van der Waals surface area contributed by atoms with E-state index in [4.69, 9.17) is 14.8 Å². The summed E-state index contributed by atoms with van der Waals surface area (Å²) in [4.78, 5) is 67.7. The van der Waals surface area contributed by atoms with Crippen LogP contribution in [0.4, 0.5) is 16.6 Å². The van der Waals surface area contributed by atoms with Crippen molar-refractivity contribution in [3.8, 4) is 16.9 Å². The first-order valence-corrected chi connectivity index (χ1v) is 26.6. The van der Waals surface area contributed by atoms with Gasteiger partial charge in [0.2, 0.25) is 11.8 Å². The molecule has 2 saturated heterocycles. The van der Waals surface area contributed by atoms with Crippen LogP contribution in [0.15, 0.2) is 91.0 Å². The number of para-hydroxylation sites is 2. The van der Waals surface area contributed by atoms with Gasteiger partial charge in [0.05, 0.1) is 39.1 Å². The predicted octanol–water partition coefficient (Wildman–Crippen LogP) is 9.52. The van der Waals surface area contributed by atoms with Crippen molar-refractivity contribution in [1.82, 2.24) is 30.0 Å². The van der Waals surface area contributed by atoms with Crippen molar-refractivity contribution in [1.29, 1.82) is 0 Å². The molecule has 376 valence electrons. The molecule has 1 unspecified atom stereocenters. The average molecular weight is 1000 g/mol. The fourth-order valence-corrected chi connectivity index (χ4v) is 12.6. The molecule has 4 aromatic carbocycles. The quantitative estimate of drug-likeness (QED) is 0.0935. The van der Waals surface area contributed by atoms with Gasteiger partial charge >= 0.3 is 5.97 Å². The molecule has 1 saturated carbocycles. The van der Waals surface area contributed by atoms with Crippen molar-refractivity contribution in [2.24, 2.45) is 13.0 Å². The van der Waals surface area contributed by atoms with Gasteiger partial charge in [0.1, 0.15) is 11.6 Å². The summed E-state index contributed by atoms with van der Waals surface area (Å²) in [6.07, 6.45) is 8.11. The molecule has 0 bridgehead atoms. The van der Waals surface area contributed by atoms with Crippen LogP contribution in [0, 0.1) is 12.8 Å². The number of anilines is 3.